The van der Waals surface area contributed by atoms with Crippen molar-refractivity contribution in [2.45, 2.75) is 0 Å². The zero-order chi connectivity index (χ0) is 8.39. The summed E-state index contributed by atoms with van der Waals surface area (Å²) in [5.74, 6) is 0. The number of benzene rings is 1. The zero-order valence-electron chi connectivity index (χ0n) is 5.99. The summed E-state index contributed by atoms with van der Waals surface area (Å²) in [7, 11) is 0. The Balaban J connectivity index is 2.43. The molecule has 0 bridgehead atoms. The van der Waals surface area contributed by atoms with Crippen LogP contribution in [0.1, 0.15) is 0 Å². The maximum atomic E-state index is 3.91. The SMILES string of the molecule is Brc1ccc(-c2nn[c]s2)cc1. The van der Waals surface area contributed by atoms with Crippen molar-refractivity contribution < 1.29 is 0 Å². The molecule has 0 saturated heterocycles. The van der Waals surface area contributed by atoms with E-state index in [4.69, 9.17) is 0 Å². The van der Waals surface area contributed by atoms with Gasteiger partial charge in [-0.1, -0.05) is 39.4 Å². The van der Waals surface area contributed by atoms with Crippen molar-refractivity contribution in [3.05, 3.63) is 34.2 Å². The van der Waals surface area contributed by atoms with Gasteiger partial charge in [-0.3, -0.25) is 0 Å². The lowest BCUT2D eigenvalue weighted by molar-refractivity contribution is 1.09. The van der Waals surface area contributed by atoms with E-state index in [0.29, 0.717) is 0 Å². The van der Waals surface area contributed by atoms with Gasteiger partial charge in [0.05, 0.1) is 0 Å². The van der Waals surface area contributed by atoms with E-state index in [2.05, 4.69) is 31.6 Å². The van der Waals surface area contributed by atoms with E-state index in [1.54, 1.807) is 0 Å². The zero-order valence-corrected chi connectivity index (χ0v) is 8.39. The number of hydrogen-bond donors (Lipinski definition) is 0. The van der Waals surface area contributed by atoms with Crippen LogP contribution in [-0.4, -0.2) is 10.2 Å². The number of halogens is 1. The standard InChI is InChI=1S/C8H4BrN2S/c9-7-3-1-6(2-4-7)8-11-10-5-12-8/h1-4H. The fourth-order valence-electron chi connectivity index (χ4n) is 0.859. The Morgan fingerprint density at radius 1 is 1.25 bits per heavy atom. The molecule has 12 heavy (non-hydrogen) atoms. The molecule has 0 aliphatic rings. The predicted molar refractivity (Wildman–Crippen MR) is 51.9 cm³/mol. The topological polar surface area (TPSA) is 25.8 Å². The lowest BCUT2D eigenvalue weighted by Crippen LogP contribution is -1.75. The van der Waals surface area contributed by atoms with Crippen LogP contribution in [0.4, 0.5) is 0 Å². The van der Waals surface area contributed by atoms with Gasteiger partial charge in [0, 0.05) is 10.0 Å². The van der Waals surface area contributed by atoms with E-state index < -0.39 is 0 Å². The van der Waals surface area contributed by atoms with Crippen LogP contribution in [0.15, 0.2) is 28.7 Å². The van der Waals surface area contributed by atoms with E-state index in [9.17, 15) is 0 Å². The number of rotatable bonds is 1. The summed E-state index contributed by atoms with van der Waals surface area (Å²) in [6, 6.07) is 7.96. The van der Waals surface area contributed by atoms with Crippen molar-refractivity contribution in [2.75, 3.05) is 0 Å². The Bertz CT molecular complexity index is 355. The first kappa shape index (κ1) is 7.89. The van der Waals surface area contributed by atoms with Crippen LogP contribution >= 0.6 is 27.3 Å². The first-order valence-corrected chi connectivity index (χ1v) is 4.93. The molecule has 0 unspecified atom stereocenters. The van der Waals surface area contributed by atoms with E-state index >= 15 is 0 Å². The third-order valence-corrected chi connectivity index (χ3v) is 2.63. The summed E-state index contributed by atoms with van der Waals surface area (Å²) in [6.07, 6.45) is 0. The Hall–Kier alpha value is -0.740. The molecule has 0 amide bonds. The molecule has 2 rings (SSSR count). The van der Waals surface area contributed by atoms with Crippen LogP contribution in [-0.2, 0) is 0 Å². The van der Waals surface area contributed by atoms with Gasteiger partial charge in [0.2, 0.25) is 0 Å². The predicted octanol–water partition coefficient (Wildman–Crippen LogP) is 2.77. The van der Waals surface area contributed by atoms with Crippen LogP contribution in [0.25, 0.3) is 10.6 Å². The molecule has 0 N–H and O–H groups in total. The molecule has 59 valence electrons. The van der Waals surface area contributed by atoms with E-state index in [0.717, 1.165) is 15.0 Å². The molecule has 2 nitrogen and oxygen atoms in total. The highest BCUT2D eigenvalue weighted by Crippen LogP contribution is 2.21. The molecule has 0 fully saturated rings. The summed E-state index contributed by atoms with van der Waals surface area (Å²) in [5, 5.41) is 8.47. The lowest BCUT2D eigenvalue weighted by Gasteiger charge is -1.93. The minimum atomic E-state index is 0.905. The summed E-state index contributed by atoms with van der Waals surface area (Å²) in [6.45, 7) is 0. The highest BCUT2D eigenvalue weighted by molar-refractivity contribution is 9.10. The molecule has 1 heterocycles. The molecule has 0 aliphatic heterocycles. The minimum absolute atomic E-state index is 0.905. The maximum Gasteiger partial charge on any atom is 0.178 e. The summed E-state index contributed by atoms with van der Waals surface area (Å²) < 4.78 is 1.07. The van der Waals surface area contributed by atoms with Gasteiger partial charge in [-0.15, -0.1) is 10.2 Å². The number of aromatic nitrogens is 2. The second-order valence-corrected chi connectivity index (χ2v) is 3.89. The van der Waals surface area contributed by atoms with Crippen LogP contribution < -0.4 is 0 Å². The van der Waals surface area contributed by atoms with Crippen LogP contribution in [0.2, 0.25) is 0 Å². The van der Waals surface area contributed by atoms with Crippen molar-refractivity contribution in [3.8, 4) is 10.6 Å². The van der Waals surface area contributed by atoms with Gasteiger partial charge in [0.15, 0.2) is 5.51 Å². The number of hydrogen-bond acceptors (Lipinski definition) is 3. The minimum Gasteiger partial charge on any atom is -0.138 e. The Kier molecular flexibility index (Phi) is 2.19. The largest absolute Gasteiger partial charge is 0.178 e. The molecule has 0 spiro atoms. The Labute approximate surface area is 82.4 Å². The van der Waals surface area contributed by atoms with Crippen molar-refractivity contribution >= 4 is 27.3 Å². The first-order chi connectivity index (χ1) is 5.86. The number of nitrogens with zero attached hydrogens (tertiary/aromatic N) is 2. The molecular formula is C8H4BrN2S. The highest BCUT2D eigenvalue weighted by atomic mass is 79.9. The molecule has 1 aromatic heterocycles. The second-order valence-electron chi connectivity index (χ2n) is 2.21. The molecule has 0 atom stereocenters. The molecule has 0 saturated carbocycles. The van der Waals surface area contributed by atoms with Crippen molar-refractivity contribution in [2.24, 2.45) is 0 Å². The Morgan fingerprint density at radius 2 is 2.00 bits per heavy atom. The molecule has 2 aromatic rings. The van der Waals surface area contributed by atoms with Gasteiger partial charge in [0.1, 0.15) is 5.01 Å². The van der Waals surface area contributed by atoms with Gasteiger partial charge >= 0.3 is 0 Å². The normalized spacial score (nSPS) is 10.1. The monoisotopic (exact) mass is 239 g/mol. The summed E-state index contributed by atoms with van der Waals surface area (Å²) in [5.41, 5.74) is 3.79. The van der Waals surface area contributed by atoms with Gasteiger partial charge in [-0.05, 0) is 12.1 Å². The molecule has 1 radical (unpaired) electrons. The fraction of sp³-hybridized carbons (Fsp3) is 0. The third-order valence-electron chi connectivity index (χ3n) is 1.42. The van der Waals surface area contributed by atoms with Gasteiger partial charge in [-0.2, -0.15) is 0 Å². The Morgan fingerprint density at radius 3 is 2.58 bits per heavy atom. The molecule has 1 aromatic carbocycles. The molecular weight excluding hydrogens is 236 g/mol. The van der Waals surface area contributed by atoms with Crippen molar-refractivity contribution in [3.63, 3.8) is 0 Å². The van der Waals surface area contributed by atoms with Gasteiger partial charge in [-0.25, -0.2) is 0 Å². The smallest absolute Gasteiger partial charge is 0.138 e. The van der Waals surface area contributed by atoms with E-state index in [1.165, 1.54) is 11.3 Å². The summed E-state index contributed by atoms with van der Waals surface area (Å²) >= 11 is 4.79. The second kappa shape index (κ2) is 3.33. The van der Waals surface area contributed by atoms with E-state index in [-0.39, 0.29) is 0 Å². The maximum absolute atomic E-state index is 3.91. The average molecular weight is 240 g/mol. The van der Waals surface area contributed by atoms with E-state index in [1.807, 2.05) is 24.3 Å². The van der Waals surface area contributed by atoms with Crippen molar-refractivity contribution in [1.82, 2.24) is 10.2 Å². The van der Waals surface area contributed by atoms with Crippen LogP contribution in [0, 0.1) is 5.51 Å². The lowest BCUT2D eigenvalue weighted by atomic mass is 10.2. The average Bonchev–Trinajstić information content (AvgIpc) is 2.58. The highest BCUT2D eigenvalue weighted by Gasteiger charge is 1.99. The van der Waals surface area contributed by atoms with Crippen molar-refractivity contribution in [1.29, 1.82) is 0 Å². The first-order valence-electron chi connectivity index (χ1n) is 3.32. The molecule has 0 aliphatic carbocycles. The quantitative estimate of drug-likeness (QED) is 0.765. The fourth-order valence-corrected chi connectivity index (χ4v) is 1.63. The van der Waals surface area contributed by atoms with Gasteiger partial charge in [0.25, 0.3) is 0 Å². The third kappa shape index (κ3) is 1.54. The molecule has 4 heteroatoms. The van der Waals surface area contributed by atoms with Crippen LogP contribution in [0.5, 0.6) is 0 Å². The van der Waals surface area contributed by atoms with Gasteiger partial charge < -0.3 is 0 Å². The van der Waals surface area contributed by atoms with Crippen LogP contribution in [0.3, 0.4) is 0 Å². The summed E-state index contributed by atoms with van der Waals surface area (Å²) in [4.78, 5) is 0.